The van der Waals surface area contributed by atoms with Gasteiger partial charge in [0, 0.05) is 24.4 Å². The predicted octanol–water partition coefficient (Wildman–Crippen LogP) is 2.20. The fraction of sp³-hybridized carbons (Fsp3) is 0.533. The van der Waals surface area contributed by atoms with Crippen molar-refractivity contribution in [3.63, 3.8) is 0 Å². The first-order chi connectivity index (χ1) is 8.50. The predicted molar refractivity (Wildman–Crippen MR) is 70.7 cm³/mol. The number of rotatable bonds is 1. The average Bonchev–Trinajstić information content (AvgIpc) is 2.37. The lowest BCUT2D eigenvalue weighted by atomic mass is 9.70. The van der Waals surface area contributed by atoms with E-state index in [0.29, 0.717) is 0 Å². The molecular weight excluding hydrogens is 224 g/mol. The molecule has 1 aliphatic rings. The summed E-state index contributed by atoms with van der Waals surface area (Å²) in [7, 11) is 2.06. The third kappa shape index (κ3) is 1.92. The number of likely N-dealkylation sites (tertiary alicyclic amines) is 1. The van der Waals surface area contributed by atoms with E-state index < -0.39 is 5.60 Å². The lowest BCUT2D eigenvalue weighted by molar-refractivity contribution is -0.0878. The van der Waals surface area contributed by atoms with Crippen molar-refractivity contribution in [3.05, 3.63) is 35.9 Å². The summed E-state index contributed by atoms with van der Waals surface area (Å²) in [6, 6.07) is 12.3. The van der Waals surface area contributed by atoms with Gasteiger partial charge in [0.2, 0.25) is 0 Å². The van der Waals surface area contributed by atoms with Gasteiger partial charge in [0.05, 0.1) is 6.07 Å². The number of piperidine rings is 1. The molecule has 0 radical (unpaired) electrons. The Hall–Kier alpha value is -1.37. The normalized spacial score (nSPS) is 37.2. The molecule has 1 aliphatic heterocycles. The van der Waals surface area contributed by atoms with Gasteiger partial charge >= 0.3 is 0 Å². The summed E-state index contributed by atoms with van der Waals surface area (Å²) >= 11 is 0. The highest BCUT2D eigenvalue weighted by atomic mass is 16.3. The molecule has 1 N–H and O–H groups in total. The van der Waals surface area contributed by atoms with Crippen LogP contribution >= 0.6 is 0 Å². The summed E-state index contributed by atoms with van der Waals surface area (Å²) in [6.07, 6.45) is 0. The van der Waals surface area contributed by atoms with E-state index in [1.807, 2.05) is 32.0 Å². The molecule has 1 aromatic carbocycles. The van der Waals surface area contributed by atoms with Gasteiger partial charge in [0.25, 0.3) is 0 Å². The van der Waals surface area contributed by atoms with Crippen LogP contribution in [0, 0.1) is 23.2 Å². The minimum absolute atomic E-state index is 0.0394. The molecule has 0 amide bonds. The molecular formula is C15H20N2O. The maximum absolute atomic E-state index is 10.6. The first-order valence-electron chi connectivity index (χ1n) is 6.39. The number of hydrogen-bond acceptors (Lipinski definition) is 3. The molecule has 0 aromatic heterocycles. The van der Waals surface area contributed by atoms with Gasteiger partial charge in [-0.05, 0) is 12.6 Å². The van der Waals surface area contributed by atoms with Crippen molar-refractivity contribution in [3.8, 4) is 6.07 Å². The van der Waals surface area contributed by atoms with Gasteiger partial charge in [-0.1, -0.05) is 44.2 Å². The number of aliphatic hydroxyl groups is 1. The van der Waals surface area contributed by atoms with Crippen molar-refractivity contribution >= 4 is 0 Å². The van der Waals surface area contributed by atoms with Crippen LogP contribution in [0.4, 0.5) is 0 Å². The third-order valence-corrected chi connectivity index (χ3v) is 4.28. The molecule has 0 unspecified atom stereocenters. The highest BCUT2D eigenvalue weighted by Crippen LogP contribution is 2.43. The van der Waals surface area contributed by atoms with Gasteiger partial charge in [-0.2, -0.15) is 5.26 Å². The number of hydrogen-bond donors (Lipinski definition) is 1. The van der Waals surface area contributed by atoms with Crippen molar-refractivity contribution in [2.45, 2.75) is 25.5 Å². The standard InChI is InChI=1S/C15H20N2O/c1-11-9-17(3)14(12(2)15(11,18)10-16)13-7-5-4-6-8-13/h4-8,11-12,14,18H,9H2,1-3H3/t11-,12-,14+,15+/m1/s1. The molecule has 3 heteroatoms. The molecule has 1 aromatic rings. The van der Waals surface area contributed by atoms with Crippen LogP contribution in [0.5, 0.6) is 0 Å². The number of nitrogens with zero attached hydrogens (tertiary/aromatic N) is 2. The van der Waals surface area contributed by atoms with E-state index in [1.54, 1.807) is 0 Å². The van der Waals surface area contributed by atoms with Gasteiger partial charge in [0.1, 0.15) is 0 Å². The van der Waals surface area contributed by atoms with E-state index in [9.17, 15) is 10.4 Å². The Labute approximate surface area is 109 Å². The Morgan fingerprint density at radius 3 is 2.50 bits per heavy atom. The summed E-state index contributed by atoms with van der Waals surface area (Å²) in [5.41, 5.74) is -0.0828. The van der Waals surface area contributed by atoms with Crippen LogP contribution in [-0.2, 0) is 0 Å². The number of nitriles is 1. The number of benzene rings is 1. The van der Waals surface area contributed by atoms with Crippen LogP contribution in [0.2, 0.25) is 0 Å². The molecule has 4 atom stereocenters. The van der Waals surface area contributed by atoms with Gasteiger partial charge in [-0.15, -0.1) is 0 Å². The summed E-state index contributed by atoms with van der Waals surface area (Å²) in [5.74, 6) is -0.152. The fourth-order valence-electron chi connectivity index (χ4n) is 3.16. The quantitative estimate of drug-likeness (QED) is 0.770. The second-order valence-electron chi connectivity index (χ2n) is 5.42. The smallest absolute Gasteiger partial charge is 0.159 e. The van der Waals surface area contributed by atoms with E-state index in [1.165, 1.54) is 0 Å². The lowest BCUT2D eigenvalue weighted by Gasteiger charge is -2.48. The minimum atomic E-state index is -1.24. The summed E-state index contributed by atoms with van der Waals surface area (Å²) in [5, 5.41) is 19.9. The second kappa shape index (κ2) is 4.72. The third-order valence-electron chi connectivity index (χ3n) is 4.28. The van der Waals surface area contributed by atoms with Crippen LogP contribution in [0.25, 0.3) is 0 Å². The van der Waals surface area contributed by atoms with E-state index >= 15 is 0 Å². The van der Waals surface area contributed by atoms with Crippen LogP contribution in [0.15, 0.2) is 30.3 Å². The van der Waals surface area contributed by atoms with Crippen molar-refractivity contribution in [1.29, 1.82) is 5.26 Å². The molecule has 0 bridgehead atoms. The minimum Gasteiger partial charge on any atom is -0.375 e. The van der Waals surface area contributed by atoms with Crippen molar-refractivity contribution in [2.24, 2.45) is 11.8 Å². The van der Waals surface area contributed by atoms with E-state index in [2.05, 4.69) is 30.1 Å². The molecule has 1 saturated heterocycles. The monoisotopic (exact) mass is 244 g/mol. The molecule has 18 heavy (non-hydrogen) atoms. The van der Waals surface area contributed by atoms with Crippen molar-refractivity contribution in [2.75, 3.05) is 13.6 Å². The summed E-state index contributed by atoms with van der Waals surface area (Å²) < 4.78 is 0. The highest BCUT2D eigenvalue weighted by molar-refractivity contribution is 5.24. The molecule has 96 valence electrons. The first-order valence-corrected chi connectivity index (χ1v) is 6.39. The van der Waals surface area contributed by atoms with Crippen LogP contribution in [0.1, 0.15) is 25.5 Å². The van der Waals surface area contributed by atoms with Crippen LogP contribution in [0.3, 0.4) is 0 Å². The molecule has 0 spiro atoms. The van der Waals surface area contributed by atoms with Crippen molar-refractivity contribution < 1.29 is 5.11 Å². The molecule has 1 fully saturated rings. The second-order valence-corrected chi connectivity index (χ2v) is 5.42. The summed E-state index contributed by atoms with van der Waals surface area (Å²) in [6.45, 7) is 4.64. The van der Waals surface area contributed by atoms with Crippen molar-refractivity contribution in [1.82, 2.24) is 4.90 Å². The van der Waals surface area contributed by atoms with Crippen LogP contribution < -0.4 is 0 Å². The van der Waals surface area contributed by atoms with Gasteiger partial charge in [-0.3, -0.25) is 4.90 Å². The van der Waals surface area contributed by atoms with Gasteiger partial charge in [-0.25, -0.2) is 0 Å². The molecule has 1 heterocycles. The molecule has 0 saturated carbocycles. The molecule has 0 aliphatic carbocycles. The molecule has 3 nitrogen and oxygen atoms in total. The largest absolute Gasteiger partial charge is 0.375 e. The van der Waals surface area contributed by atoms with E-state index in [0.717, 1.165) is 12.1 Å². The average molecular weight is 244 g/mol. The zero-order valence-corrected chi connectivity index (χ0v) is 11.2. The van der Waals surface area contributed by atoms with Gasteiger partial charge < -0.3 is 5.11 Å². The Kier molecular flexibility index (Phi) is 3.43. The SMILES string of the molecule is C[C@@H]1CN(C)[C@H](c2ccccc2)[C@@H](C)[C@]1(O)C#N. The Balaban J connectivity index is 2.39. The van der Waals surface area contributed by atoms with E-state index in [-0.39, 0.29) is 17.9 Å². The molecule has 2 rings (SSSR count). The zero-order chi connectivity index (χ0) is 13.3. The van der Waals surface area contributed by atoms with Crippen LogP contribution in [-0.4, -0.2) is 29.2 Å². The Bertz CT molecular complexity index is 453. The lowest BCUT2D eigenvalue weighted by Crippen LogP contribution is -2.55. The Morgan fingerprint density at radius 1 is 1.33 bits per heavy atom. The maximum Gasteiger partial charge on any atom is 0.159 e. The first kappa shape index (κ1) is 13.1. The summed E-state index contributed by atoms with van der Waals surface area (Å²) in [4.78, 5) is 2.23. The Morgan fingerprint density at radius 2 is 1.94 bits per heavy atom. The maximum atomic E-state index is 10.6. The fourth-order valence-corrected chi connectivity index (χ4v) is 3.16. The van der Waals surface area contributed by atoms with Gasteiger partial charge in [0.15, 0.2) is 5.60 Å². The topological polar surface area (TPSA) is 47.3 Å². The van der Waals surface area contributed by atoms with E-state index in [4.69, 9.17) is 0 Å². The zero-order valence-electron chi connectivity index (χ0n) is 11.2. The highest BCUT2D eigenvalue weighted by Gasteiger charge is 2.49.